The molecular weight excluding hydrogens is 517 g/mol. The van der Waals surface area contributed by atoms with Gasteiger partial charge in [0.1, 0.15) is 0 Å². The molecule has 1 amide bonds. The van der Waals surface area contributed by atoms with Crippen molar-refractivity contribution in [2.24, 2.45) is 5.92 Å². The topological polar surface area (TPSA) is 29.1 Å². The summed E-state index contributed by atoms with van der Waals surface area (Å²) in [6.07, 6.45) is 4.21. The van der Waals surface area contributed by atoms with E-state index in [9.17, 15) is 4.79 Å². The van der Waals surface area contributed by atoms with Crippen molar-refractivity contribution in [1.29, 1.82) is 0 Å². The molecule has 0 unspecified atom stereocenters. The van der Waals surface area contributed by atoms with Crippen LogP contribution in [-0.2, 0) is 4.79 Å². The van der Waals surface area contributed by atoms with Crippen LogP contribution in [0, 0.1) is 5.92 Å². The Bertz CT molecular complexity index is 1800. The van der Waals surface area contributed by atoms with E-state index < -0.39 is 7.92 Å². The third kappa shape index (κ3) is 4.94. The molecule has 0 aliphatic heterocycles. The summed E-state index contributed by atoms with van der Waals surface area (Å²) < 4.78 is 0. The molecule has 6 aromatic carbocycles. The lowest BCUT2D eigenvalue weighted by Gasteiger charge is -2.26. The summed E-state index contributed by atoms with van der Waals surface area (Å²) in [7, 11) is -0.873. The van der Waals surface area contributed by atoms with Crippen molar-refractivity contribution < 1.29 is 4.79 Å². The lowest BCUT2D eigenvalue weighted by atomic mass is 9.92. The number of hydrogen-bond acceptors (Lipinski definition) is 1. The Morgan fingerprint density at radius 2 is 1.07 bits per heavy atom. The summed E-state index contributed by atoms with van der Waals surface area (Å²) in [6, 6.07) is 47.8. The molecule has 0 radical (unpaired) electrons. The van der Waals surface area contributed by atoms with E-state index in [0.29, 0.717) is 0 Å². The molecule has 1 aliphatic carbocycles. The number of amides is 1. The number of carbonyl (C=O) groups excluding carboxylic acids is 1. The van der Waals surface area contributed by atoms with Crippen molar-refractivity contribution in [1.82, 2.24) is 0 Å². The fourth-order valence-electron chi connectivity index (χ4n) is 6.36. The Balaban J connectivity index is 1.55. The predicted octanol–water partition coefficient (Wildman–Crippen LogP) is 8.55. The Morgan fingerprint density at radius 1 is 0.561 bits per heavy atom. The molecule has 1 aliphatic rings. The Morgan fingerprint density at radius 3 is 1.68 bits per heavy atom. The van der Waals surface area contributed by atoms with Crippen LogP contribution in [0.25, 0.3) is 32.7 Å². The number of rotatable bonds is 6. The van der Waals surface area contributed by atoms with Crippen molar-refractivity contribution in [3.05, 3.63) is 133 Å². The van der Waals surface area contributed by atoms with E-state index in [1.54, 1.807) is 0 Å². The van der Waals surface area contributed by atoms with Crippen molar-refractivity contribution in [2.75, 3.05) is 5.32 Å². The van der Waals surface area contributed by atoms with Gasteiger partial charge in [-0.25, -0.2) is 0 Å². The predicted molar refractivity (Wildman–Crippen MR) is 176 cm³/mol. The zero-order valence-electron chi connectivity index (χ0n) is 23.0. The van der Waals surface area contributed by atoms with Crippen LogP contribution in [0.2, 0.25) is 0 Å². The standard InChI is InChI=1S/C38H32NOP/c40-38(29-15-7-8-16-29)39-34-25-23-27-13-9-11-21-32(27)36(34)37-33-22-12-10-14-28(33)24-26-35(37)41(30-17-3-1-4-18-30)31-19-5-2-6-20-31/h1-6,9-14,17-26,29H,7-8,15-16H2,(H,39,40). The average Bonchev–Trinajstić information content (AvgIpc) is 3.58. The zero-order chi connectivity index (χ0) is 27.6. The number of carbonyl (C=O) groups is 1. The van der Waals surface area contributed by atoms with Gasteiger partial charge in [-0.05, 0) is 64.3 Å². The van der Waals surface area contributed by atoms with Gasteiger partial charge in [-0.2, -0.15) is 0 Å². The Kier molecular flexibility index (Phi) is 7.09. The first-order valence-electron chi connectivity index (χ1n) is 14.5. The van der Waals surface area contributed by atoms with Gasteiger partial charge in [-0.15, -0.1) is 0 Å². The highest BCUT2D eigenvalue weighted by Crippen LogP contribution is 2.45. The molecule has 1 fully saturated rings. The van der Waals surface area contributed by atoms with E-state index in [1.165, 1.54) is 37.6 Å². The Labute approximate surface area is 242 Å². The van der Waals surface area contributed by atoms with Gasteiger partial charge in [-0.1, -0.05) is 140 Å². The molecule has 200 valence electrons. The number of nitrogens with one attached hydrogen (secondary N) is 1. The van der Waals surface area contributed by atoms with E-state index in [1.807, 2.05) is 0 Å². The first-order valence-corrected chi connectivity index (χ1v) is 15.9. The second kappa shape index (κ2) is 11.3. The minimum atomic E-state index is -0.873. The average molecular weight is 550 g/mol. The molecule has 0 aromatic heterocycles. The van der Waals surface area contributed by atoms with Crippen LogP contribution in [0.15, 0.2) is 133 Å². The van der Waals surface area contributed by atoms with Gasteiger partial charge in [0.15, 0.2) is 0 Å². The quantitative estimate of drug-likeness (QED) is 0.207. The van der Waals surface area contributed by atoms with Gasteiger partial charge in [0.25, 0.3) is 0 Å². The van der Waals surface area contributed by atoms with Crippen LogP contribution >= 0.6 is 7.92 Å². The van der Waals surface area contributed by atoms with Crippen LogP contribution in [0.5, 0.6) is 0 Å². The molecule has 0 heterocycles. The largest absolute Gasteiger partial charge is 0.325 e. The van der Waals surface area contributed by atoms with Gasteiger partial charge in [0, 0.05) is 22.7 Å². The van der Waals surface area contributed by atoms with Crippen LogP contribution in [0.4, 0.5) is 5.69 Å². The SMILES string of the molecule is O=C(Nc1ccc2ccccc2c1-c1c(P(c2ccccc2)c2ccccc2)ccc2ccccc12)C1CCCC1. The fraction of sp³-hybridized carbons (Fsp3) is 0.132. The summed E-state index contributed by atoms with van der Waals surface area (Å²) in [6.45, 7) is 0. The van der Waals surface area contributed by atoms with Crippen molar-refractivity contribution >= 4 is 57.0 Å². The third-order valence-corrected chi connectivity index (χ3v) is 10.8. The van der Waals surface area contributed by atoms with Crippen molar-refractivity contribution in [3.8, 4) is 11.1 Å². The highest BCUT2D eigenvalue weighted by Gasteiger charge is 2.27. The highest BCUT2D eigenvalue weighted by molar-refractivity contribution is 7.80. The summed E-state index contributed by atoms with van der Waals surface area (Å²) in [4.78, 5) is 13.6. The first kappa shape index (κ1) is 25.7. The van der Waals surface area contributed by atoms with Crippen LogP contribution in [-0.4, -0.2) is 5.91 Å². The normalized spacial score (nSPS) is 13.7. The van der Waals surface area contributed by atoms with Gasteiger partial charge < -0.3 is 5.32 Å². The lowest BCUT2D eigenvalue weighted by molar-refractivity contribution is -0.119. The van der Waals surface area contributed by atoms with Crippen LogP contribution < -0.4 is 21.2 Å². The number of benzene rings is 6. The molecule has 2 nitrogen and oxygen atoms in total. The van der Waals surface area contributed by atoms with Crippen LogP contribution in [0.3, 0.4) is 0 Å². The zero-order valence-corrected chi connectivity index (χ0v) is 23.9. The lowest BCUT2D eigenvalue weighted by Crippen LogP contribution is -2.23. The van der Waals surface area contributed by atoms with Gasteiger partial charge >= 0.3 is 0 Å². The number of anilines is 1. The van der Waals surface area contributed by atoms with E-state index in [2.05, 4.69) is 139 Å². The van der Waals surface area contributed by atoms with Gasteiger partial charge in [0.05, 0.1) is 0 Å². The smallest absolute Gasteiger partial charge is 0.227 e. The first-order chi connectivity index (χ1) is 20.3. The molecule has 7 rings (SSSR count). The molecule has 0 bridgehead atoms. The molecule has 6 aromatic rings. The van der Waals surface area contributed by atoms with E-state index in [0.717, 1.165) is 42.3 Å². The van der Waals surface area contributed by atoms with Crippen molar-refractivity contribution in [3.63, 3.8) is 0 Å². The number of fused-ring (bicyclic) bond motifs is 2. The molecular formula is C38H32NOP. The van der Waals surface area contributed by atoms with E-state index >= 15 is 0 Å². The van der Waals surface area contributed by atoms with E-state index in [4.69, 9.17) is 0 Å². The van der Waals surface area contributed by atoms with E-state index in [-0.39, 0.29) is 11.8 Å². The van der Waals surface area contributed by atoms with Gasteiger partial charge in [0.2, 0.25) is 5.91 Å². The molecule has 0 atom stereocenters. The summed E-state index contributed by atoms with van der Waals surface area (Å²) in [5.74, 6) is 0.237. The molecule has 41 heavy (non-hydrogen) atoms. The van der Waals surface area contributed by atoms with Gasteiger partial charge in [-0.3, -0.25) is 4.79 Å². The minimum Gasteiger partial charge on any atom is -0.325 e. The molecule has 1 saturated carbocycles. The molecule has 0 saturated heterocycles. The Hall–Kier alpha value is -4.26. The molecule has 1 N–H and O–H groups in total. The monoisotopic (exact) mass is 549 g/mol. The maximum absolute atomic E-state index is 13.6. The maximum atomic E-state index is 13.6. The van der Waals surface area contributed by atoms with Crippen molar-refractivity contribution in [2.45, 2.75) is 25.7 Å². The number of hydrogen-bond donors (Lipinski definition) is 1. The fourth-order valence-corrected chi connectivity index (χ4v) is 8.83. The summed E-state index contributed by atoms with van der Waals surface area (Å²) >= 11 is 0. The third-order valence-electron chi connectivity index (χ3n) is 8.34. The van der Waals surface area contributed by atoms with Crippen LogP contribution in [0.1, 0.15) is 25.7 Å². The summed E-state index contributed by atoms with van der Waals surface area (Å²) in [5, 5.41) is 12.1. The molecule has 0 spiro atoms. The minimum absolute atomic E-state index is 0.0899. The summed E-state index contributed by atoms with van der Waals surface area (Å²) in [5.41, 5.74) is 3.22. The molecule has 3 heteroatoms. The highest BCUT2D eigenvalue weighted by atomic mass is 31.1. The maximum Gasteiger partial charge on any atom is 0.227 e. The second-order valence-corrected chi connectivity index (χ2v) is 13.1. The second-order valence-electron chi connectivity index (χ2n) is 10.9.